The minimum atomic E-state index is -0.318. The maximum atomic E-state index is 13.3. The molecule has 0 saturated carbocycles. The Morgan fingerprint density at radius 3 is 2.61 bits per heavy atom. The molecule has 1 unspecified atom stereocenters. The first-order valence-corrected chi connectivity index (χ1v) is 11.3. The van der Waals surface area contributed by atoms with Crippen molar-refractivity contribution in [2.24, 2.45) is 0 Å². The van der Waals surface area contributed by atoms with Crippen LogP contribution in [0.5, 0.6) is 11.5 Å². The number of ether oxygens (including phenoxy) is 3. The zero-order valence-corrected chi connectivity index (χ0v) is 18.8. The van der Waals surface area contributed by atoms with Crippen LogP contribution < -0.4 is 20.3 Å². The van der Waals surface area contributed by atoms with E-state index in [1.165, 1.54) is 12.1 Å². The third kappa shape index (κ3) is 4.94. The van der Waals surface area contributed by atoms with E-state index < -0.39 is 0 Å². The lowest BCUT2D eigenvalue weighted by atomic mass is 10.1. The van der Waals surface area contributed by atoms with E-state index in [1.807, 2.05) is 17.0 Å². The second kappa shape index (κ2) is 9.36. The van der Waals surface area contributed by atoms with Crippen LogP contribution in [-0.2, 0) is 11.3 Å². The van der Waals surface area contributed by atoms with Gasteiger partial charge in [0, 0.05) is 35.9 Å². The number of benzene rings is 2. The van der Waals surface area contributed by atoms with Crippen molar-refractivity contribution in [1.82, 2.24) is 9.88 Å². The van der Waals surface area contributed by atoms with Crippen LogP contribution in [-0.4, -0.2) is 47.5 Å². The number of thiocarbonyl (C=S) groups is 1. The Hall–Kier alpha value is -3.17. The number of aromatic amines is 1. The van der Waals surface area contributed by atoms with Crippen LogP contribution in [0, 0.1) is 5.82 Å². The van der Waals surface area contributed by atoms with Gasteiger partial charge in [-0.1, -0.05) is 0 Å². The highest BCUT2D eigenvalue weighted by Gasteiger charge is 2.23. The number of anilines is 1. The van der Waals surface area contributed by atoms with Crippen molar-refractivity contribution in [2.45, 2.75) is 25.5 Å². The number of hydrogen-bond donors (Lipinski definition) is 2. The Bertz CT molecular complexity index is 1220. The van der Waals surface area contributed by atoms with Crippen molar-refractivity contribution in [2.75, 3.05) is 31.7 Å². The van der Waals surface area contributed by atoms with Gasteiger partial charge in [-0.15, -0.1) is 0 Å². The fraction of sp³-hybridized carbons (Fsp3) is 0.333. The normalized spacial score (nSPS) is 17.2. The van der Waals surface area contributed by atoms with E-state index in [-0.39, 0.29) is 17.5 Å². The molecular formula is C24H24FN3O4S. The Morgan fingerprint density at radius 1 is 1.12 bits per heavy atom. The van der Waals surface area contributed by atoms with E-state index in [4.69, 9.17) is 26.4 Å². The Balaban J connectivity index is 1.42. The molecule has 0 radical (unpaired) electrons. The molecule has 1 saturated heterocycles. The highest BCUT2D eigenvalue weighted by atomic mass is 32.1. The quantitative estimate of drug-likeness (QED) is 0.551. The molecule has 3 aromatic rings. The van der Waals surface area contributed by atoms with Crippen molar-refractivity contribution in [1.29, 1.82) is 0 Å². The maximum absolute atomic E-state index is 13.3. The summed E-state index contributed by atoms with van der Waals surface area (Å²) in [6, 6.07) is 11.5. The number of pyridine rings is 1. The van der Waals surface area contributed by atoms with Crippen molar-refractivity contribution >= 4 is 33.9 Å². The van der Waals surface area contributed by atoms with Crippen LogP contribution in [0.4, 0.5) is 10.1 Å². The van der Waals surface area contributed by atoms with Crippen LogP contribution in [0.2, 0.25) is 0 Å². The van der Waals surface area contributed by atoms with Crippen LogP contribution >= 0.6 is 12.2 Å². The van der Waals surface area contributed by atoms with E-state index in [0.29, 0.717) is 59.7 Å². The first-order valence-electron chi connectivity index (χ1n) is 10.9. The zero-order valence-electron chi connectivity index (χ0n) is 17.9. The summed E-state index contributed by atoms with van der Waals surface area (Å²) in [5.41, 5.74) is 1.74. The van der Waals surface area contributed by atoms with Gasteiger partial charge in [0.1, 0.15) is 19.0 Å². The molecule has 2 aliphatic heterocycles. The lowest BCUT2D eigenvalue weighted by Gasteiger charge is -2.28. The molecule has 0 spiro atoms. The maximum Gasteiger partial charge on any atom is 0.253 e. The summed E-state index contributed by atoms with van der Waals surface area (Å²) < 4.78 is 30.4. The third-order valence-electron chi connectivity index (χ3n) is 5.78. The molecule has 1 fully saturated rings. The summed E-state index contributed by atoms with van der Waals surface area (Å²) in [5, 5.41) is 4.44. The predicted molar refractivity (Wildman–Crippen MR) is 128 cm³/mol. The van der Waals surface area contributed by atoms with Crippen LogP contribution in [0.1, 0.15) is 18.4 Å². The van der Waals surface area contributed by atoms with Crippen LogP contribution in [0.15, 0.2) is 47.3 Å². The number of nitrogens with one attached hydrogen (secondary N) is 2. The molecule has 7 nitrogen and oxygen atoms in total. The van der Waals surface area contributed by atoms with Gasteiger partial charge in [-0.25, -0.2) is 4.39 Å². The second-order valence-corrected chi connectivity index (χ2v) is 8.55. The van der Waals surface area contributed by atoms with Gasteiger partial charge in [0.2, 0.25) is 0 Å². The van der Waals surface area contributed by atoms with Crippen LogP contribution in [0.25, 0.3) is 10.9 Å². The highest BCUT2D eigenvalue weighted by Crippen LogP contribution is 2.33. The summed E-state index contributed by atoms with van der Waals surface area (Å²) in [7, 11) is 0. The Labute approximate surface area is 195 Å². The topological polar surface area (TPSA) is 75.8 Å². The molecule has 2 N–H and O–H groups in total. The molecule has 33 heavy (non-hydrogen) atoms. The SMILES string of the molecule is O=c1[nH]c2cc3c(cc2cc1CN(CC1CCCO1)C(=S)Nc1ccc(F)cc1)OCCO3. The highest BCUT2D eigenvalue weighted by molar-refractivity contribution is 7.80. The standard InChI is InChI=1S/C24H24FN3O4S/c25-17-3-5-18(6-4-17)26-24(33)28(14-19-2-1-7-30-19)13-16-10-15-11-21-22(32-9-8-31-21)12-20(15)27-23(16)29/h3-6,10-12,19H,1-2,7-9,13-14H2,(H,26,33)(H,27,29). The third-order valence-corrected chi connectivity index (χ3v) is 6.14. The molecule has 3 heterocycles. The number of H-pyrrole nitrogens is 1. The minimum Gasteiger partial charge on any atom is -0.486 e. The Morgan fingerprint density at radius 2 is 1.88 bits per heavy atom. The molecule has 0 bridgehead atoms. The van der Waals surface area contributed by atoms with Gasteiger partial charge in [-0.3, -0.25) is 4.79 Å². The zero-order chi connectivity index (χ0) is 22.8. The van der Waals surface area contributed by atoms with Gasteiger partial charge in [-0.05, 0) is 61.5 Å². The number of nitrogens with zero attached hydrogens (tertiary/aromatic N) is 1. The van der Waals surface area contributed by atoms with Gasteiger partial charge < -0.3 is 29.4 Å². The molecule has 9 heteroatoms. The predicted octanol–water partition coefficient (Wildman–Crippen LogP) is 3.82. The van der Waals surface area contributed by atoms with E-state index in [2.05, 4.69) is 10.3 Å². The molecule has 0 aliphatic carbocycles. The Kier molecular flexibility index (Phi) is 6.15. The van der Waals surface area contributed by atoms with E-state index in [0.717, 1.165) is 24.8 Å². The van der Waals surface area contributed by atoms with Gasteiger partial charge >= 0.3 is 0 Å². The monoisotopic (exact) mass is 469 g/mol. The molecule has 0 amide bonds. The number of fused-ring (bicyclic) bond motifs is 2. The lowest BCUT2D eigenvalue weighted by molar-refractivity contribution is 0.0904. The van der Waals surface area contributed by atoms with Gasteiger partial charge in [-0.2, -0.15) is 0 Å². The number of halogens is 1. The summed E-state index contributed by atoms with van der Waals surface area (Å²) in [6.07, 6.45) is 1.98. The van der Waals surface area contributed by atoms with Gasteiger partial charge in [0.25, 0.3) is 5.56 Å². The molecule has 172 valence electrons. The minimum absolute atomic E-state index is 0.0371. The molecule has 2 aromatic carbocycles. The van der Waals surface area contributed by atoms with Crippen molar-refractivity contribution in [3.8, 4) is 11.5 Å². The number of hydrogen-bond acceptors (Lipinski definition) is 5. The second-order valence-electron chi connectivity index (χ2n) is 8.16. The summed E-state index contributed by atoms with van der Waals surface area (Å²) >= 11 is 5.66. The van der Waals surface area contributed by atoms with Crippen LogP contribution in [0.3, 0.4) is 0 Å². The summed E-state index contributed by atoms with van der Waals surface area (Å²) in [5.74, 6) is 0.972. The van der Waals surface area contributed by atoms with Gasteiger partial charge in [0.15, 0.2) is 16.6 Å². The summed E-state index contributed by atoms with van der Waals surface area (Å²) in [6.45, 7) is 2.55. The van der Waals surface area contributed by atoms with E-state index in [1.54, 1.807) is 18.2 Å². The van der Waals surface area contributed by atoms with Crippen molar-refractivity contribution in [3.63, 3.8) is 0 Å². The van der Waals surface area contributed by atoms with E-state index >= 15 is 0 Å². The van der Waals surface area contributed by atoms with E-state index in [9.17, 15) is 9.18 Å². The largest absolute Gasteiger partial charge is 0.486 e. The first-order chi connectivity index (χ1) is 16.0. The molecule has 1 atom stereocenters. The first kappa shape index (κ1) is 21.7. The van der Waals surface area contributed by atoms with Crippen molar-refractivity contribution < 1.29 is 18.6 Å². The molecule has 2 aliphatic rings. The average molecular weight is 470 g/mol. The van der Waals surface area contributed by atoms with Crippen molar-refractivity contribution in [3.05, 3.63) is 64.2 Å². The number of aromatic nitrogens is 1. The fourth-order valence-corrected chi connectivity index (χ4v) is 4.36. The molecule has 5 rings (SSSR count). The summed E-state index contributed by atoms with van der Waals surface area (Å²) in [4.78, 5) is 17.8. The van der Waals surface area contributed by atoms with Gasteiger partial charge in [0.05, 0.1) is 18.2 Å². The number of rotatable bonds is 5. The average Bonchev–Trinajstić information content (AvgIpc) is 3.32. The molecule has 1 aromatic heterocycles. The fourth-order valence-electron chi connectivity index (χ4n) is 4.10. The smallest absolute Gasteiger partial charge is 0.253 e. The molecular weight excluding hydrogens is 445 g/mol. The lowest BCUT2D eigenvalue weighted by Crippen LogP contribution is -2.40.